The smallest absolute Gasteiger partial charge is 0.0754 e. The number of benzene rings is 4. The largest absolute Gasteiger partial charge is 0.355 e. The quantitative estimate of drug-likeness (QED) is 0.214. The maximum absolute atomic E-state index is 3.71. The predicted molar refractivity (Wildman–Crippen MR) is 132 cm³/mol. The summed E-state index contributed by atoms with van der Waals surface area (Å²) in [5, 5.41) is 3.71. The van der Waals surface area contributed by atoms with Gasteiger partial charge >= 0.3 is 0 Å². The van der Waals surface area contributed by atoms with Crippen LogP contribution in [0.3, 0.4) is 0 Å². The zero-order chi connectivity index (χ0) is 20.6. The van der Waals surface area contributed by atoms with Gasteiger partial charge in [-0.05, 0) is 83.6 Å². The van der Waals surface area contributed by atoms with E-state index in [9.17, 15) is 0 Å². The summed E-state index contributed by atoms with van der Waals surface area (Å²) in [6, 6.07) is 27.0. The molecule has 2 aliphatic rings. The molecule has 0 fully saturated rings. The van der Waals surface area contributed by atoms with E-state index in [0.29, 0.717) is 0 Å². The maximum Gasteiger partial charge on any atom is 0.0754 e. The molecule has 0 bridgehead atoms. The topological polar surface area (TPSA) is 12.0 Å². The number of hydrogen-bond acceptors (Lipinski definition) is 1. The van der Waals surface area contributed by atoms with Crippen molar-refractivity contribution in [1.29, 1.82) is 0 Å². The van der Waals surface area contributed by atoms with E-state index in [1.54, 1.807) is 0 Å². The first kappa shape index (κ1) is 18.4. The molecular weight excluding hydrogens is 498 g/mol. The summed E-state index contributed by atoms with van der Waals surface area (Å²) in [5.41, 5.74) is 12.5. The third-order valence-corrected chi connectivity index (χ3v) is 7.48. The number of anilines is 2. The van der Waals surface area contributed by atoms with Crippen molar-refractivity contribution in [2.45, 2.75) is 19.3 Å². The molecule has 0 saturated carbocycles. The van der Waals surface area contributed by atoms with Gasteiger partial charge in [-0.2, -0.15) is 0 Å². The molecule has 0 amide bonds. The average molecular weight is 517 g/mol. The molecule has 1 spiro atoms. The highest BCUT2D eigenvalue weighted by atomic mass is 79.9. The monoisotopic (exact) mass is 515 g/mol. The van der Waals surface area contributed by atoms with Crippen molar-refractivity contribution in [2.24, 2.45) is 0 Å². The van der Waals surface area contributed by atoms with Crippen LogP contribution in [0.5, 0.6) is 0 Å². The summed E-state index contributed by atoms with van der Waals surface area (Å²) in [5.74, 6) is 0. The van der Waals surface area contributed by atoms with E-state index in [4.69, 9.17) is 0 Å². The Balaban J connectivity index is 1.86. The van der Waals surface area contributed by atoms with Crippen molar-refractivity contribution < 1.29 is 0 Å². The SMILES string of the molecule is Cc1ccc2c(c1)C1(c3cc(C)ccc3N2)c2ccc(Br)cc2-c2cc(Br)ccc21. The van der Waals surface area contributed by atoms with Gasteiger partial charge in [0.15, 0.2) is 0 Å². The van der Waals surface area contributed by atoms with Gasteiger partial charge in [0.2, 0.25) is 0 Å². The van der Waals surface area contributed by atoms with E-state index in [1.165, 1.54) is 55.9 Å². The highest BCUT2D eigenvalue weighted by molar-refractivity contribution is 9.10. The number of rotatable bonds is 0. The van der Waals surface area contributed by atoms with Crippen LogP contribution in [0.25, 0.3) is 11.1 Å². The molecule has 1 aliphatic heterocycles. The standard InChI is InChI=1S/C27H19Br2N/c1-15-3-9-25-23(11-15)27(24-12-16(2)4-10-26(24)30-25)21-7-5-17(28)13-19(21)20-14-18(29)6-8-22(20)27/h3-14,30H,1-2H3. The fraction of sp³-hybridized carbons (Fsp3) is 0.111. The fourth-order valence-electron chi connectivity index (χ4n) is 5.30. The Kier molecular flexibility index (Phi) is 3.88. The van der Waals surface area contributed by atoms with Gasteiger partial charge in [-0.25, -0.2) is 0 Å². The van der Waals surface area contributed by atoms with Crippen molar-refractivity contribution in [3.63, 3.8) is 0 Å². The summed E-state index contributed by atoms with van der Waals surface area (Å²) in [6.07, 6.45) is 0. The molecular formula is C27H19Br2N. The second kappa shape index (κ2) is 6.32. The first-order valence-electron chi connectivity index (χ1n) is 10.1. The predicted octanol–water partition coefficient (Wildman–Crippen LogP) is 8.25. The van der Waals surface area contributed by atoms with E-state index in [-0.39, 0.29) is 5.41 Å². The van der Waals surface area contributed by atoms with E-state index in [2.05, 4.69) is 124 Å². The van der Waals surface area contributed by atoms with Gasteiger partial charge < -0.3 is 5.32 Å². The lowest BCUT2D eigenvalue weighted by molar-refractivity contribution is 0.760. The Hall–Kier alpha value is -2.36. The summed E-state index contributed by atoms with van der Waals surface area (Å²) in [4.78, 5) is 0. The Labute approximate surface area is 193 Å². The van der Waals surface area contributed by atoms with Gasteiger partial charge in [-0.15, -0.1) is 0 Å². The van der Waals surface area contributed by atoms with E-state index >= 15 is 0 Å². The summed E-state index contributed by atoms with van der Waals surface area (Å²) in [6.45, 7) is 4.36. The van der Waals surface area contributed by atoms with Gasteiger partial charge in [0.25, 0.3) is 0 Å². The molecule has 30 heavy (non-hydrogen) atoms. The second-order valence-corrected chi connectivity index (χ2v) is 10.2. The molecule has 1 heterocycles. The van der Waals surface area contributed by atoms with Gasteiger partial charge in [-0.1, -0.05) is 79.4 Å². The minimum absolute atomic E-state index is 0.333. The normalized spacial score (nSPS) is 14.5. The van der Waals surface area contributed by atoms with E-state index in [1.807, 2.05) is 0 Å². The van der Waals surface area contributed by atoms with Crippen LogP contribution in [-0.2, 0) is 5.41 Å². The number of fused-ring (bicyclic) bond motifs is 9. The van der Waals surface area contributed by atoms with E-state index < -0.39 is 0 Å². The Bertz CT molecular complexity index is 1260. The molecule has 1 aliphatic carbocycles. The van der Waals surface area contributed by atoms with Crippen molar-refractivity contribution in [3.05, 3.63) is 115 Å². The molecule has 0 atom stereocenters. The van der Waals surface area contributed by atoms with Crippen molar-refractivity contribution in [1.82, 2.24) is 0 Å². The van der Waals surface area contributed by atoms with Crippen LogP contribution in [0.2, 0.25) is 0 Å². The van der Waals surface area contributed by atoms with Crippen molar-refractivity contribution >= 4 is 43.2 Å². The molecule has 1 N–H and O–H groups in total. The summed E-state index contributed by atoms with van der Waals surface area (Å²) in [7, 11) is 0. The Morgan fingerprint density at radius 2 is 1.03 bits per heavy atom. The van der Waals surface area contributed by atoms with Crippen LogP contribution in [0.1, 0.15) is 33.4 Å². The van der Waals surface area contributed by atoms with Crippen molar-refractivity contribution in [2.75, 3.05) is 5.32 Å². The lowest BCUT2D eigenvalue weighted by Gasteiger charge is -2.41. The van der Waals surface area contributed by atoms with Crippen LogP contribution in [0.4, 0.5) is 11.4 Å². The first-order chi connectivity index (χ1) is 14.5. The van der Waals surface area contributed by atoms with Crippen molar-refractivity contribution in [3.8, 4) is 11.1 Å². The summed E-state index contributed by atoms with van der Waals surface area (Å²) >= 11 is 7.42. The lowest BCUT2D eigenvalue weighted by Crippen LogP contribution is -2.33. The number of halogens is 2. The zero-order valence-electron chi connectivity index (χ0n) is 16.7. The van der Waals surface area contributed by atoms with Gasteiger partial charge in [-0.3, -0.25) is 0 Å². The third-order valence-electron chi connectivity index (χ3n) is 6.49. The molecule has 1 nitrogen and oxygen atoms in total. The van der Waals surface area contributed by atoms with Gasteiger partial charge in [0, 0.05) is 20.3 Å². The number of hydrogen-bond donors (Lipinski definition) is 1. The number of aryl methyl sites for hydroxylation is 2. The van der Waals surface area contributed by atoms with Gasteiger partial charge in [0.05, 0.1) is 5.41 Å². The molecule has 6 rings (SSSR count). The molecule has 0 saturated heterocycles. The molecule has 146 valence electrons. The van der Waals surface area contributed by atoms with Crippen LogP contribution >= 0.6 is 31.9 Å². The minimum Gasteiger partial charge on any atom is -0.355 e. The highest BCUT2D eigenvalue weighted by Gasteiger charge is 2.50. The highest BCUT2D eigenvalue weighted by Crippen LogP contribution is 2.61. The van der Waals surface area contributed by atoms with E-state index in [0.717, 1.165) is 8.95 Å². The van der Waals surface area contributed by atoms with Crippen LogP contribution < -0.4 is 5.32 Å². The Morgan fingerprint density at radius 1 is 0.567 bits per heavy atom. The maximum atomic E-state index is 3.71. The Morgan fingerprint density at radius 3 is 1.50 bits per heavy atom. The number of nitrogens with one attached hydrogen (secondary N) is 1. The van der Waals surface area contributed by atoms with Gasteiger partial charge in [0.1, 0.15) is 0 Å². The minimum atomic E-state index is -0.333. The molecule has 4 aromatic rings. The second-order valence-electron chi connectivity index (χ2n) is 8.35. The van der Waals surface area contributed by atoms with Crippen LogP contribution in [-0.4, -0.2) is 0 Å². The fourth-order valence-corrected chi connectivity index (χ4v) is 6.03. The molecule has 0 aromatic heterocycles. The molecule has 0 unspecified atom stereocenters. The molecule has 3 heteroatoms. The lowest BCUT2D eigenvalue weighted by atomic mass is 9.64. The molecule has 0 radical (unpaired) electrons. The van der Waals surface area contributed by atoms with Crippen LogP contribution in [0, 0.1) is 13.8 Å². The van der Waals surface area contributed by atoms with Crippen LogP contribution in [0.15, 0.2) is 81.7 Å². The third kappa shape index (κ3) is 2.34. The first-order valence-corrected chi connectivity index (χ1v) is 11.7. The summed E-state index contributed by atoms with van der Waals surface area (Å²) < 4.78 is 2.21. The zero-order valence-corrected chi connectivity index (χ0v) is 19.9. The molecule has 4 aromatic carbocycles. The average Bonchev–Trinajstić information content (AvgIpc) is 2.99.